The lowest BCUT2D eigenvalue weighted by molar-refractivity contribution is -0.143. The molecule has 16 heteroatoms. The minimum atomic E-state index is -1.05. The van der Waals surface area contributed by atoms with E-state index in [1.807, 2.05) is 84.9 Å². The van der Waals surface area contributed by atoms with Crippen LogP contribution >= 0.6 is 0 Å². The zero-order valence-electron chi connectivity index (χ0n) is 47.3. The SMILES string of the molecule is CN[C@@H](C)C(=O)N[C@H](C(=O)N1CCC[C@H]1C(=O)N[C@H](C(=O)NCCOCCOCCOCC(=O)N(C)CCOc1ccc([C@@H]2c3ccc(O)cc3CC[C@@H]2c2ccccc2)cc1)C(c1ccccc1)c1ccccc1)C1CCCCC1. The van der Waals surface area contributed by atoms with E-state index >= 15 is 0 Å². The molecular weight excluding hydrogens is 1020 g/mol. The Morgan fingerprint density at radius 2 is 1.32 bits per heavy atom. The van der Waals surface area contributed by atoms with Crippen LogP contribution < -0.4 is 26.0 Å². The van der Waals surface area contributed by atoms with E-state index in [-0.39, 0.29) is 75.7 Å². The molecule has 1 saturated heterocycles. The number of ether oxygens (including phenoxy) is 4. The van der Waals surface area contributed by atoms with Gasteiger partial charge in [-0.15, -0.1) is 0 Å². The Balaban J connectivity index is 0.758. The summed E-state index contributed by atoms with van der Waals surface area (Å²) in [4.78, 5) is 72.7. The third-order valence-corrected chi connectivity index (χ3v) is 16.3. The zero-order valence-corrected chi connectivity index (χ0v) is 47.3. The van der Waals surface area contributed by atoms with E-state index in [1.165, 1.54) is 22.3 Å². The molecule has 6 atom stereocenters. The van der Waals surface area contributed by atoms with E-state index in [9.17, 15) is 29.1 Å². The Morgan fingerprint density at radius 3 is 1.99 bits per heavy atom. The monoisotopic (exact) mass is 1110 g/mol. The maximum absolute atomic E-state index is 14.6. The van der Waals surface area contributed by atoms with Gasteiger partial charge in [0.05, 0.1) is 45.6 Å². The quantitative estimate of drug-likeness (QED) is 0.0317. The fraction of sp³-hybridized carbons (Fsp3) is 0.462. The van der Waals surface area contributed by atoms with Crippen molar-refractivity contribution < 1.29 is 48.0 Å². The minimum Gasteiger partial charge on any atom is -0.508 e. The van der Waals surface area contributed by atoms with Gasteiger partial charge in [0, 0.05) is 32.0 Å². The molecule has 1 heterocycles. The maximum Gasteiger partial charge on any atom is 0.248 e. The molecule has 5 amide bonds. The van der Waals surface area contributed by atoms with Gasteiger partial charge in [0.15, 0.2) is 0 Å². The number of likely N-dealkylation sites (tertiary alicyclic amines) is 1. The summed E-state index contributed by atoms with van der Waals surface area (Å²) in [5.74, 6) is -0.649. The van der Waals surface area contributed by atoms with E-state index in [2.05, 4.69) is 63.7 Å². The van der Waals surface area contributed by atoms with Gasteiger partial charge in [0.2, 0.25) is 29.5 Å². The number of phenols is 1. The number of carbonyl (C=O) groups excluding carboxylic acids is 5. The van der Waals surface area contributed by atoms with E-state index < -0.39 is 41.9 Å². The molecule has 0 unspecified atom stereocenters. The lowest BCUT2D eigenvalue weighted by atomic mass is 9.69. The van der Waals surface area contributed by atoms with Crippen molar-refractivity contribution in [3.63, 3.8) is 0 Å². The highest BCUT2D eigenvalue weighted by molar-refractivity contribution is 5.96. The van der Waals surface area contributed by atoms with Gasteiger partial charge < -0.3 is 55.1 Å². The van der Waals surface area contributed by atoms with Crippen molar-refractivity contribution in [3.8, 4) is 11.5 Å². The molecule has 1 saturated carbocycles. The van der Waals surface area contributed by atoms with Gasteiger partial charge >= 0.3 is 0 Å². The lowest BCUT2D eigenvalue weighted by Crippen LogP contribution is -2.59. The number of aryl methyl sites for hydroxylation is 1. The van der Waals surface area contributed by atoms with Crippen LogP contribution in [-0.2, 0) is 44.6 Å². The molecule has 0 bridgehead atoms. The number of phenolic OH excluding ortho intramolecular Hbond substituents is 1. The molecule has 5 N–H and O–H groups in total. The van der Waals surface area contributed by atoms with Crippen LogP contribution in [0, 0.1) is 5.92 Å². The van der Waals surface area contributed by atoms with Crippen molar-refractivity contribution in [2.75, 3.05) is 80.0 Å². The number of fused-ring (bicyclic) bond motifs is 1. The van der Waals surface area contributed by atoms with E-state index in [0.717, 1.165) is 61.8 Å². The van der Waals surface area contributed by atoms with Crippen LogP contribution in [-0.4, -0.2) is 149 Å². The van der Waals surface area contributed by atoms with Crippen LogP contribution in [0.1, 0.15) is 109 Å². The molecular formula is C65H82N6O10. The highest BCUT2D eigenvalue weighted by atomic mass is 16.5. The molecule has 16 nitrogen and oxygen atoms in total. The zero-order chi connectivity index (χ0) is 56.9. The Hall–Kier alpha value is -7.11. The van der Waals surface area contributed by atoms with Crippen molar-refractivity contribution in [1.82, 2.24) is 31.1 Å². The molecule has 0 aromatic heterocycles. The summed E-state index contributed by atoms with van der Waals surface area (Å²) in [6.07, 6.45) is 7.62. The van der Waals surface area contributed by atoms with Crippen LogP contribution in [0.3, 0.4) is 0 Å². The van der Waals surface area contributed by atoms with Gasteiger partial charge in [-0.1, -0.05) is 128 Å². The molecule has 1 aliphatic heterocycles. The summed E-state index contributed by atoms with van der Waals surface area (Å²) < 4.78 is 23.2. The molecule has 0 radical (unpaired) electrons. The molecule has 5 aromatic carbocycles. The van der Waals surface area contributed by atoms with Crippen LogP contribution in [0.25, 0.3) is 0 Å². The lowest BCUT2D eigenvalue weighted by Gasteiger charge is -2.36. The molecule has 81 heavy (non-hydrogen) atoms. The highest BCUT2D eigenvalue weighted by Gasteiger charge is 2.43. The number of carbonyl (C=O) groups is 5. The maximum atomic E-state index is 14.6. The van der Waals surface area contributed by atoms with Gasteiger partial charge in [0.25, 0.3) is 0 Å². The Kier molecular flexibility index (Phi) is 22.7. The Morgan fingerprint density at radius 1 is 0.679 bits per heavy atom. The average Bonchev–Trinajstić information content (AvgIpc) is 4.08. The summed E-state index contributed by atoms with van der Waals surface area (Å²) in [7, 11) is 3.42. The molecule has 2 fully saturated rings. The third-order valence-electron chi connectivity index (χ3n) is 16.3. The number of aromatic hydroxyl groups is 1. The van der Waals surface area contributed by atoms with Crippen molar-refractivity contribution in [2.45, 2.75) is 107 Å². The number of nitrogens with one attached hydrogen (secondary N) is 4. The number of amides is 5. The summed E-state index contributed by atoms with van der Waals surface area (Å²) in [5.41, 5.74) is 6.58. The predicted molar refractivity (Wildman–Crippen MR) is 311 cm³/mol. The molecule has 0 spiro atoms. The largest absolute Gasteiger partial charge is 0.508 e. The van der Waals surface area contributed by atoms with Gasteiger partial charge in [-0.3, -0.25) is 24.0 Å². The van der Waals surface area contributed by atoms with Gasteiger partial charge in [-0.2, -0.15) is 0 Å². The minimum absolute atomic E-state index is 0.0309. The molecule has 432 valence electrons. The molecule has 2 aliphatic carbocycles. The number of rotatable bonds is 28. The van der Waals surface area contributed by atoms with E-state index in [0.29, 0.717) is 44.2 Å². The first-order valence-electron chi connectivity index (χ1n) is 29.0. The molecule has 3 aliphatic rings. The van der Waals surface area contributed by atoms with Crippen LogP contribution in [0.2, 0.25) is 0 Å². The summed E-state index contributed by atoms with van der Waals surface area (Å²) in [6, 6.07) is 40.6. The van der Waals surface area contributed by atoms with Crippen LogP contribution in [0.5, 0.6) is 11.5 Å². The summed E-state index contributed by atoms with van der Waals surface area (Å²) in [6.45, 7) is 4.08. The van der Waals surface area contributed by atoms with Crippen molar-refractivity contribution in [1.29, 1.82) is 0 Å². The van der Waals surface area contributed by atoms with E-state index in [1.54, 1.807) is 36.9 Å². The van der Waals surface area contributed by atoms with Crippen molar-refractivity contribution in [2.24, 2.45) is 5.92 Å². The van der Waals surface area contributed by atoms with Crippen LogP contribution in [0.15, 0.2) is 133 Å². The second kappa shape index (κ2) is 30.6. The Bertz CT molecular complexity index is 2740. The smallest absolute Gasteiger partial charge is 0.248 e. The number of hydrogen-bond donors (Lipinski definition) is 5. The van der Waals surface area contributed by atoms with Gasteiger partial charge in [-0.25, -0.2) is 0 Å². The Labute approximate surface area is 477 Å². The topological polar surface area (TPSA) is 197 Å². The first kappa shape index (κ1) is 60.0. The summed E-state index contributed by atoms with van der Waals surface area (Å²) >= 11 is 0. The molecule has 5 aromatic rings. The molecule has 8 rings (SSSR count). The van der Waals surface area contributed by atoms with Gasteiger partial charge in [0.1, 0.15) is 42.8 Å². The standard InChI is InChI=1S/C65H82N6O10/c1-45(66-2)62(74)68-60(50-23-14-7-15-24-50)65(77)71-35-16-25-56(71)63(75)69-61(58(47-19-10-5-11-20-47)48-21-12-6-13-22-48)64(76)67-34-37-78-39-40-79-41-42-80-44-57(73)70(3)36-38-81-53-30-26-49(27-31-53)59-54(46-17-8-4-9-18-46)32-28-51-43-52(72)29-33-55(51)59/h4-6,8-13,17-22,26-27,29-31,33,43,45,50,54,56,58-61,66,72H,7,14-16,23-25,28,32,34-42,44H2,1-3H3,(H,67,76)(H,68,74)(H,69,75)/t45-,54+,56-,59-,60-,61-/m0/s1. The second-order valence-corrected chi connectivity index (χ2v) is 21.6. The number of nitrogens with zero attached hydrogens (tertiary/aromatic N) is 2. The first-order valence-corrected chi connectivity index (χ1v) is 29.0. The number of likely N-dealkylation sites (N-methyl/N-ethyl adjacent to an activating group) is 2. The fourth-order valence-electron chi connectivity index (χ4n) is 11.7. The van der Waals surface area contributed by atoms with E-state index in [4.69, 9.17) is 18.9 Å². The second-order valence-electron chi connectivity index (χ2n) is 21.6. The average molecular weight is 1110 g/mol. The normalized spacial score (nSPS) is 18.3. The van der Waals surface area contributed by atoms with Crippen LogP contribution in [0.4, 0.5) is 0 Å². The highest BCUT2D eigenvalue weighted by Crippen LogP contribution is 2.47. The fourth-order valence-corrected chi connectivity index (χ4v) is 11.7. The summed E-state index contributed by atoms with van der Waals surface area (Å²) in [5, 5.41) is 22.3. The van der Waals surface area contributed by atoms with Gasteiger partial charge in [-0.05, 0) is 122 Å². The number of hydrogen-bond acceptors (Lipinski definition) is 11. The third kappa shape index (κ3) is 16.5. The predicted octanol–water partition coefficient (Wildman–Crippen LogP) is 7.24. The first-order chi connectivity index (χ1) is 39.5. The van der Waals surface area contributed by atoms with Crippen molar-refractivity contribution in [3.05, 3.63) is 167 Å². The van der Waals surface area contributed by atoms with Crippen molar-refractivity contribution >= 4 is 29.5 Å². The number of benzene rings is 5.